The van der Waals surface area contributed by atoms with Crippen LogP contribution in [0.5, 0.6) is 0 Å². The van der Waals surface area contributed by atoms with Crippen LogP contribution in [0, 0.1) is 0 Å². The first-order valence-electron chi connectivity index (χ1n) is 4.98. The molecule has 1 heterocycles. The van der Waals surface area contributed by atoms with Gasteiger partial charge in [-0.25, -0.2) is 10.8 Å². The number of hydrogen-bond acceptors (Lipinski definition) is 6. The van der Waals surface area contributed by atoms with Gasteiger partial charge in [0.1, 0.15) is 5.69 Å². The fourth-order valence-corrected chi connectivity index (χ4v) is 1.10. The highest BCUT2D eigenvalue weighted by Crippen LogP contribution is 1.99. The lowest BCUT2D eigenvalue weighted by atomic mass is 10.3. The number of nitrogens with two attached hydrogens (primary N) is 2. The number of aromatic nitrogens is 2. The Morgan fingerprint density at radius 1 is 1.35 bits per heavy atom. The maximum atomic E-state index is 11.6. The van der Waals surface area contributed by atoms with Gasteiger partial charge in [0.05, 0.1) is 12.4 Å². The van der Waals surface area contributed by atoms with Crippen molar-refractivity contribution in [2.24, 2.45) is 11.6 Å². The smallest absolute Gasteiger partial charge is 0.271 e. The minimum absolute atomic E-state index is 0.152. The third-order valence-corrected chi connectivity index (χ3v) is 1.90. The number of rotatable bonds is 6. The molecule has 0 aliphatic heterocycles. The first kappa shape index (κ1) is 12.8. The molecule has 17 heavy (non-hydrogen) atoms. The van der Waals surface area contributed by atoms with Crippen LogP contribution in [0.4, 0.5) is 5.82 Å². The average molecular weight is 238 g/mol. The molecule has 0 aromatic carbocycles. The Kier molecular flexibility index (Phi) is 4.82. The number of hydrogen-bond donors (Lipinski definition) is 4. The fraction of sp³-hybridized carbons (Fsp3) is 0.333. The number of nitrogen functional groups attached to an aromatic ring is 1. The van der Waals surface area contributed by atoms with Crippen molar-refractivity contribution in [3.05, 3.63) is 18.1 Å². The van der Waals surface area contributed by atoms with E-state index < -0.39 is 5.91 Å². The van der Waals surface area contributed by atoms with Crippen LogP contribution in [0.1, 0.15) is 23.3 Å². The number of carbonyl (C=O) groups is 2. The van der Waals surface area contributed by atoms with E-state index >= 15 is 0 Å². The first-order valence-corrected chi connectivity index (χ1v) is 4.98. The molecule has 0 unspecified atom stereocenters. The third kappa shape index (κ3) is 4.43. The Bertz CT molecular complexity index is 408. The van der Waals surface area contributed by atoms with E-state index in [1.165, 1.54) is 12.4 Å². The number of carbonyl (C=O) groups excluding carboxylic acids is 2. The summed E-state index contributed by atoms with van der Waals surface area (Å²) in [5.41, 5.74) is 7.40. The summed E-state index contributed by atoms with van der Waals surface area (Å²) in [7, 11) is 0. The van der Waals surface area contributed by atoms with Crippen LogP contribution >= 0.6 is 0 Å². The molecule has 0 aliphatic carbocycles. The van der Waals surface area contributed by atoms with Gasteiger partial charge in [-0.1, -0.05) is 0 Å². The minimum atomic E-state index is -0.395. The van der Waals surface area contributed by atoms with Crippen LogP contribution in [0.15, 0.2) is 12.4 Å². The van der Waals surface area contributed by atoms with Crippen molar-refractivity contribution in [1.82, 2.24) is 15.3 Å². The Morgan fingerprint density at radius 2 is 2.12 bits per heavy atom. The van der Waals surface area contributed by atoms with Crippen molar-refractivity contribution < 1.29 is 9.59 Å². The van der Waals surface area contributed by atoms with E-state index in [0.717, 1.165) is 0 Å². The molecule has 0 radical (unpaired) electrons. The zero-order chi connectivity index (χ0) is 12.7. The molecule has 0 spiro atoms. The zero-order valence-corrected chi connectivity index (χ0v) is 9.14. The van der Waals surface area contributed by atoms with E-state index in [4.69, 9.17) is 11.6 Å². The topological polar surface area (TPSA) is 136 Å². The predicted octanol–water partition coefficient (Wildman–Crippen LogP) is -1.24. The van der Waals surface area contributed by atoms with Gasteiger partial charge in [-0.2, -0.15) is 0 Å². The summed E-state index contributed by atoms with van der Waals surface area (Å²) in [6, 6.07) is 0. The Labute approximate surface area is 97.8 Å². The Morgan fingerprint density at radius 3 is 2.76 bits per heavy atom. The molecule has 1 aromatic rings. The number of anilines is 1. The van der Waals surface area contributed by atoms with Crippen molar-refractivity contribution in [2.75, 3.05) is 12.0 Å². The SMILES string of the molecule is NNc1cncc(C(=O)NCCCC(N)=O)n1. The van der Waals surface area contributed by atoms with Gasteiger partial charge in [-0.15, -0.1) is 0 Å². The van der Waals surface area contributed by atoms with Crippen LogP contribution in [0.3, 0.4) is 0 Å². The molecule has 0 saturated heterocycles. The molecular weight excluding hydrogens is 224 g/mol. The van der Waals surface area contributed by atoms with E-state index in [2.05, 4.69) is 20.7 Å². The van der Waals surface area contributed by atoms with Crippen LogP contribution in [-0.2, 0) is 4.79 Å². The highest BCUT2D eigenvalue weighted by atomic mass is 16.2. The summed E-state index contributed by atoms with van der Waals surface area (Å²) in [4.78, 5) is 29.7. The maximum Gasteiger partial charge on any atom is 0.271 e. The number of nitrogens with zero attached hydrogens (tertiary/aromatic N) is 2. The first-order chi connectivity index (χ1) is 8.13. The average Bonchev–Trinajstić information content (AvgIpc) is 2.34. The number of hydrazine groups is 1. The Hall–Kier alpha value is -2.22. The van der Waals surface area contributed by atoms with Crippen LogP contribution in [-0.4, -0.2) is 28.3 Å². The second-order valence-corrected chi connectivity index (χ2v) is 3.26. The minimum Gasteiger partial charge on any atom is -0.370 e. The van der Waals surface area contributed by atoms with E-state index in [1.54, 1.807) is 0 Å². The van der Waals surface area contributed by atoms with Crippen LogP contribution in [0.25, 0.3) is 0 Å². The number of nitrogens with one attached hydrogen (secondary N) is 2. The van der Waals surface area contributed by atoms with Crippen molar-refractivity contribution >= 4 is 17.6 Å². The summed E-state index contributed by atoms with van der Waals surface area (Å²) in [5.74, 6) is 4.67. The molecule has 0 bridgehead atoms. The van der Waals surface area contributed by atoms with E-state index in [-0.39, 0.29) is 18.0 Å². The summed E-state index contributed by atoms with van der Waals surface area (Å²) < 4.78 is 0. The normalized spacial score (nSPS) is 9.71. The summed E-state index contributed by atoms with van der Waals surface area (Å²) >= 11 is 0. The predicted molar refractivity (Wildman–Crippen MR) is 60.6 cm³/mol. The van der Waals surface area contributed by atoms with Gasteiger partial charge in [0, 0.05) is 13.0 Å². The second-order valence-electron chi connectivity index (χ2n) is 3.26. The summed E-state index contributed by atoms with van der Waals surface area (Å²) in [6.45, 7) is 0.351. The summed E-state index contributed by atoms with van der Waals surface area (Å²) in [6.07, 6.45) is 3.44. The van der Waals surface area contributed by atoms with E-state index in [1.807, 2.05) is 0 Å². The van der Waals surface area contributed by atoms with Crippen molar-refractivity contribution in [3.63, 3.8) is 0 Å². The largest absolute Gasteiger partial charge is 0.370 e. The molecule has 0 aliphatic rings. The van der Waals surface area contributed by atoms with Crippen molar-refractivity contribution in [2.45, 2.75) is 12.8 Å². The summed E-state index contributed by atoms with van der Waals surface area (Å²) in [5, 5.41) is 2.59. The Balaban J connectivity index is 2.43. The van der Waals surface area contributed by atoms with Gasteiger partial charge < -0.3 is 16.5 Å². The lowest BCUT2D eigenvalue weighted by Gasteiger charge is -2.04. The van der Waals surface area contributed by atoms with Gasteiger partial charge in [0.25, 0.3) is 5.91 Å². The molecule has 1 rings (SSSR count). The molecule has 0 fully saturated rings. The second kappa shape index (κ2) is 6.38. The molecule has 8 nitrogen and oxygen atoms in total. The molecule has 0 saturated carbocycles. The molecule has 0 atom stereocenters. The molecular formula is C9H14N6O2. The standard InChI is InChI=1S/C9H14N6O2/c10-7(16)2-1-3-13-9(17)6-4-12-5-8(14-6)15-11/h4-5H,1-3,11H2,(H2,10,16)(H,13,17)(H,14,15). The van der Waals surface area contributed by atoms with Gasteiger partial charge in [-0.3, -0.25) is 14.6 Å². The van der Waals surface area contributed by atoms with Gasteiger partial charge >= 0.3 is 0 Å². The van der Waals surface area contributed by atoms with Gasteiger partial charge in [-0.05, 0) is 6.42 Å². The lowest BCUT2D eigenvalue weighted by molar-refractivity contribution is -0.118. The molecule has 8 heteroatoms. The van der Waals surface area contributed by atoms with Crippen molar-refractivity contribution in [1.29, 1.82) is 0 Å². The number of primary amides is 1. The van der Waals surface area contributed by atoms with E-state index in [0.29, 0.717) is 18.8 Å². The maximum absolute atomic E-state index is 11.6. The van der Waals surface area contributed by atoms with Crippen molar-refractivity contribution in [3.8, 4) is 0 Å². The van der Waals surface area contributed by atoms with Crippen LogP contribution in [0.2, 0.25) is 0 Å². The quantitative estimate of drug-likeness (QED) is 0.278. The zero-order valence-electron chi connectivity index (χ0n) is 9.14. The third-order valence-electron chi connectivity index (χ3n) is 1.90. The molecule has 6 N–H and O–H groups in total. The highest BCUT2D eigenvalue weighted by Gasteiger charge is 2.07. The van der Waals surface area contributed by atoms with Gasteiger partial charge in [0.2, 0.25) is 5.91 Å². The van der Waals surface area contributed by atoms with Gasteiger partial charge in [0.15, 0.2) is 5.82 Å². The lowest BCUT2D eigenvalue weighted by Crippen LogP contribution is -2.27. The highest BCUT2D eigenvalue weighted by molar-refractivity contribution is 5.92. The monoisotopic (exact) mass is 238 g/mol. The molecule has 1 aromatic heterocycles. The van der Waals surface area contributed by atoms with Crippen LogP contribution < -0.4 is 22.3 Å². The molecule has 92 valence electrons. The molecule has 2 amide bonds. The number of amides is 2. The van der Waals surface area contributed by atoms with E-state index in [9.17, 15) is 9.59 Å². The fourth-order valence-electron chi connectivity index (χ4n) is 1.10.